The molecule has 1 fully saturated rings. The Morgan fingerprint density at radius 1 is 1.19 bits per heavy atom. The molecule has 1 aromatic heterocycles. The number of nitrogens with zero attached hydrogens (tertiary/aromatic N) is 1. The van der Waals surface area contributed by atoms with E-state index in [9.17, 15) is 18.0 Å². The third-order valence-electron chi connectivity index (χ3n) is 3.79. The maximum atomic E-state index is 12.5. The van der Waals surface area contributed by atoms with Gasteiger partial charge in [-0.3, -0.25) is 9.78 Å². The lowest BCUT2D eigenvalue weighted by atomic mass is 10.1. The number of carbonyl (C=O) groups is 1. The Labute approximate surface area is 154 Å². The highest BCUT2D eigenvalue weighted by Gasteiger charge is 2.30. The van der Waals surface area contributed by atoms with Crippen LogP contribution in [0.4, 0.5) is 18.9 Å². The van der Waals surface area contributed by atoms with E-state index in [4.69, 9.17) is 4.74 Å². The van der Waals surface area contributed by atoms with Crippen molar-refractivity contribution < 1.29 is 22.7 Å². The molecule has 9 heteroatoms. The first kappa shape index (κ1) is 20.2. The van der Waals surface area contributed by atoms with Crippen molar-refractivity contribution in [1.29, 1.82) is 0 Å². The number of aromatic nitrogens is 1. The van der Waals surface area contributed by atoms with Crippen LogP contribution in [0.25, 0.3) is 0 Å². The average molecular weight is 388 g/mol. The molecule has 2 aromatic rings. The van der Waals surface area contributed by atoms with Gasteiger partial charge in [0.25, 0.3) is 5.91 Å². The minimum Gasteiger partial charge on any atom is -0.371 e. The monoisotopic (exact) mass is 387 g/mol. The number of hydrogen-bond acceptors (Lipinski definition) is 4. The SMILES string of the molecule is Cl.O=C(Nc1ccc([C@@H]2CNCCO2)cc1)c1ccc(C(F)(F)F)cn1. The highest BCUT2D eigenvalue weighted by Crippen LogP contribution is 2.28. The number of hydrogen-bond donors (Lipinski definition) is 2. The van der Waals surface area contributed by atoms with Crippen LogP contribution >= 0.6 is 12.4 Å². The quantitative estimate of drug-likeness (QED) is 0.847. The number of morpholine rings is 1. The number of pyridine rings is 1. The minimum atomic E-state index is -4.48. The molecule has 1 atom stereocenters. The Balaban J connectivity index is 0.00000243. The maximum Gasteiger partial charge on any atom is 0.417 e. The molecule has 0 radical (unpaired) electrons. The summed E-state index contributed by atoms with van der Waals surface area (Å²) in [4.78, 5) is 15.6. The third kappa shape index (κ3) is 4.94. The van der Waals surface area contributed by atoms with Gasteiger partial charge in [-0.2, -0.15) is 13.2 Å². The molecule has 0 spiro atoms. The van der Waals surface area contributed by atoms with Crippen molar-refractivity contribution in [2.24, 2.45) is 0 Å². The highest BCUT2D eigenvalue weighted by molar-refractivity contribution is 6.02. The predicted molar refractivity (Wildman–Crippen MR) is 92.4 cm³/mol. The first-order valence-corrected chi connectivity index (χ1v) is 7.70. The highest BCUT2D eigenvalue weighted by atomic mass is 35.5. The molecule has 1 aliphatic heterocycles. The van der Waals surface area contributed by atoms with E-state index in [-0.39, 0.29) is 24.2 Å². The number of ether oxygens (including phenoxy) is 1. The van der Waals surface area contributed by atoms with Crippen LogP contribution < -0.4 is 10.6 Å². The largest absolute Gasteiger partial charge is 0.417 e. The Hall–Kier alpha value is -2.16. The molecule has 3 rings (SSSR count). The number of benzene rings is 1. The summed E-state index contributed by atoms with van der Waals surface area (Å²) in [5.74, 6) is -0.572. The second-order valence-electron chi connectivity index (χ2n) is 5.57. The number of carbonyl (C=O) groups excluding carboxylic acids is 1. The van der Waals surface area contributed by atoms with Crippen molar-refractivity contribution in [2.45, 2.75) is 12.3 Å². The Morgan fingerprint density at radius 2 is 1.92 bits per heavy atom. The summed E-state index contributed by atoms with van der Waals surface area (Å²) in [5.41, 5.74) is 0.531. The summed E-state index contributed by atoms with van der Waals surface area (Å²) < 4.78 is 43.2. The standard InChI is InChI=1S/C17H16F3N3O2.ClH/c18-17(19,20)12-3-6-14(22-9-12)16(24)23-13-4-1-11(2-5-13)15-10-21-7-8-25-15;/h1-6,9,15,21H,7-8,10H2,(H,23,24);1H/t15-;/m0./s1. The Morgan fingerprint density at radius 3 is 2.46 bits per heavy atom. The summed E-state index contributed by atoms with van der Waals surface area (Å²) in [7, 11) is 0. The molecule has 26 heavy (non-hydrogen) atoms. The third-order valence-corrected chi connectivity index (χ3v) is 3.79. The van der Waals surface area contributed by atoms with Crippen molar-refractivity contribution in [3.8, 4) is 0 Å². The van der Waals surface area contributed by atoms with Crippen molar-refractivity contribution in [1.82, 2.24) is 10.3 Å². The van der Waals surface area contributed by atoms with Crippen LogP contribution in [0, 0.1) is 0 Å². The van der Waals surface area contributed by atoms with Crippen LogP contribution in [0.15, 0.2) is 42.6 Å². The minimum absolute atomic E-state index is 0. The lowest BCUT2D eigenvalue weighted by Crippen LogP contribution is -2.33. The van der Waals surface area contributed by atoms with Gasteiger partial charge in [-0.15, -0.1) is 12.4 Å². The zero-order chi connectivity index (χ0) is 17.9. The van der Waals surface area contributed by atoms with Crippen molar-refractivity contribution in [3.63, 3.8) is 0 Å². The van der Waals surface area contributed by atoms with E-state index >= 15 is 0 Å². The molecular weight excluding hydrogens is 371 g/mol. The summed E-state index contributed by atoms with van der Waals surface area (Å²) >= 11 is 0. The van der Waals surface area contributed by atoms with Crippen molar-refractivity contribution >= 4 is 24.0 Å². The molecule has 1 saturated heterocycles. The van der Waals surface area contributed by atoms with Gasteiger partial charge in [0.05, 0.1) is 18.3 Å². The van der Waals surface area contributed by atoms with E-state index in [1.165, 1.54) is 0 Å². The summed E-state index contributed by atoms with van der Waals surface area (Å²) in [6.45, 7) is 2.19. The number of halogens is 4. The van der Waals surface area contributed by atoms with Gasteiger partial charge in [0.15, 0.2) is 0 Å². The fourth-order valence-electron chi connectivity index (χ4n) is 2.45. The topological polar surface area (TPSA) is 63.2 Å². The van der Waals surface area contributed by atoms with Gasteiger partial charge >= 0.3 is 6.18 Å². The van der Waals surface area contributed by atoms with E-state index < -0.39 is 17.6 Å². The molecule has 0 saturated carbocycles. The lowest BCUT2D eigenvalue weighted by molar-refractivity contribution is -0.137. The molecule has 2 heterocycles. The zero-order valence-electron chi connectivity index (χ0n) is 13.5. The molecule has 5 nitrogen and oxygen atoms in total. The normalized spacial score (nSPS) is 17.3. The van der Waals surface area contributed by atoms with Gasteiger partial charge in [0.2, 0.25) is 0 Å². The van der Waals surface area contributed by atoms with Crippen LogP contribution in [0.1, 0.15) is 27.7 Å². The van der Waals surface area contributed by atoms with Gasteiger partial charge in [0.1, 0.15) is 5.69 Å². The van der Waals surface area contributed by atoms with E-state index in [0.29, 0.717) is 18.5 Å². The molecular formula is C17H17ClF3N3O2. The second kappa shape index (κ2) is 8.48. The van der Waals surface area contributed by atoms with Crippen LogP contribution in [0.5, 0.6) is 0 Å². The molecule has 0 aliphatic carbocycles. The molecule has 0 unspecified atom stereocenters. The molecule has 1 aromatic carbocycles. The first-order valence-electron chi connectivity index (χ1n) is 7.70. The Kier molecular flexibility index (Phi) is 6.57. The first-order chi connectivity index (χ1) is 11.9. The fraction of sp³-hybridized carbons (Fsp3) is 0.294. The van der Waals surface area contributed by atoms with E-state index in [0.717, 1.165) is 30.8 Å². The zero-order valence-corrected chi connectivity index (χ0v) is 14.4. The number of amides is 1. The summed E-state index contributed by atoms with van der Waals surface area (Å²) in [6, 6.07) is 9.00. The predicted octanol–water partition coefficient (Wildman–Crippen LogP) is 3.44. The van der Waals surface area contributed by atoms with Gasteiger partial charge in [-0.05, 0) is 29.8 Å². The van der Waals surface area contributed by atoms with E-state index in [2.05, 4.69) is 15.6 Å². The van der Waals surface area contributed by atoms with Gasteiger partial charge in [0, 0.05) is 25.0 Å². The number of alkyl halides is 3. The smallest absolute Gasteiger partial charge is 0.371 e. The van der Waals surface area contributed by atoms with Gasteiger partial charge < -0.3 is 15.4 Å². The van der Waals surface area contributed by atoms with Crippen molar-refractivity contribution in [3.05, 3.63) is 59.4 Å². The van der Waals surface area contributed by atoms with E-state index in [1.807, 2.05) is 12.1 Å². The number of nitrogens with one attached hydrogen (secondary N) is 2. The molecule has 2 N–H and O–H groups in total. The van der Waals surface area contributed by atoms with Gasteiger partial charge in [-0.1, -0.05) is 12.1 Å². The molecule has 1 amide bonds. The fourth-order valence-corrected chi connectivity index (χ4v) is 2.45. The van der Waals surface area contributed by atoms with Crippen LogP contribution in [0.3, 0.4) is 0 Å². The van der Waals surface area contributed by atoms with E-state index in [1.54, 1.807) is 12.1 Å². The van der Waals surface area contributed by atoms with Crippen LogP contribution in [0.2, 0.25) is 0 Å². The summed E-state index contributed by atoms with van der Waals surface area (Å²) in [5, 5.41) is 5.84. The number of anilines is 1. The summed E-state index contributed by atoms with van der Waals surface area (Å²) in [6.07, 6.45) is -3.87. The van der Waals surface area contributed by atoms with Crippen LogP contribution in [-0.2, 0) is 10.9 Å². The van der Waals surface area contributed by atoms with Crippen molar-refractivity contribution in [2.75, 3.05) is 25.0 Å². The molecule has 1 aliphatic rings. The molecule has 140 valence electrons. The van der Waals surface area contributed by atoms with Gasteiger partial charge in [-0.25, -0.2) is 0 Å². The average Bonchev–Trinajstić information content (AvgIpc) is 2.62. The second-order valence-corrected chi connectivity index (χ2v) is 5.57. The lowest BCUT2D eigenvalue weighted by Gasteiger charge is -2.24. The number of rotatable bonds is 3. The maximum absolute atomic E-state index is 12.5. The molecule has 0 bridgehead atoms. The Bertz CT molecular complexity index is 730. The van der Waals surface area contributed by atoms with Crippen LogP contribution in [-0.4, -0.2) is 30.6 Å².